The average Bonchev–Trinajstić information content (AvgIpc) is 3.51. The van der Waals surface area contributed by atoms with E-state index in [-0.39, 0.29) is 24.5 Å². The summed E-state index contributed by atoms with van der Waals surface area (Å²) < 4.78 is 12.5. The first kappa shape index (κ1) is 33.9. The lowest BCUT2D eigenvalue weighted by molar-refractivity contribution is -0.132. The van der Waals surface area contributed by atoms with E-state index in [4.69, 9.17) is 9.47 Å². The molecule has 5 aromatic rings. The van der Waals surface area contributed by atoms with E-state index in [2.05, 4.69) is 53.7 Å². The lowest BCUT2D eigenvalue weighted by Crippen LogP contribution is -2.45. The van der Waals surface area contributed by atoms with Crippen LogP contribution in [0.25, 0.3) is 39.3 Å². The summed E-state index contributed by atoms with van der Waals surface area (Å²) in [5, 5.41) is 16.0. The maximum absolute atomic E-state index is 13.9. The fourth-order valence-electron chi connectivity index (χ4n) is 6.88. The van der Waals surface area contributed by atoms with Crippen LogP contribution in [0.4, 0.5) is 5.69 Å². The Kier molecular flexibility index (Phi) is 9.18. The minimum Gasteiger partial charge on any atom is -0.485 e. The zero-order valence-electron chi connectivity index (χ0n) is 29.5. The van der Waals surface area contributed by atoms with Crippen molar-refractivity contribution in [1.82, 2.24) is 39.7 Å². The predicted molar refractivity (Wildman–Crippen MR) is 201 cm³/mol. The summed E-state index contributed by atoms with van der Waals surface area (Å²) in [7, 11) is 3.43. The molecular weight excluding hydrogens is 679 g/mol. The quantitative estimate of drug-likeness (QED) is 0.191. The van der Waals surface area contributed by atoms with Crippen LogP contribution in [0, 0.1) is 0 Å². The summed E-state index contributed by atoms with van der Waals surface area (Å²) >= 11 is 1.54. The molecule has 268 valence electrons. The van der Waals surface area contributed by atoms with Gasteiger partial charge in [-0.15, -0.1) is 11.8 Å². The Balaban J connectivity index is 0.887. The highest BCUT2D eigenvalue weighted by atomic mass is 32.2. The normalized spacial score (nSPS) is 19.1. The Morgan fingerprint density at radius 3 is 2.62 bits per heavy atom. The molecule has 2 aromatic carbocycles. The molecule has 2 N–H and O–H groups in total. The zero-order valence-corrected chi connectivity index (χ0v) is 30.3. The van der Waals surface area contributed by atoms with Crippen molar-refractivity contribution < 1.29 is 19.1 Å². The van der Waals surface area contributed by atoms with Crippen LogP contribution in [-0.4, -0.2) is 109 Å². The number of methoxy groups -OCH3 is 1. The smallest absolute Gasteiger partial charge is 0.257 e. The molecule has 13 nitrogen and oxygen atoms in total. The molecule has 1 saturated heterocycles. The number of H-pyrrole nitrogens is 1. The van der Waals surface area contributed by atoms with E-state index in [0.29, 0.717) is 67.1 Å². The van der Waals surface area contributed by atoms with Crippen LogP contribution in [0.3, 0.4) is 0 Å². The van der Waals surface area contributed by atoms with Gasteiger partial charge < -0.3 is 19.7 Å². The number of nitrogens with one attached hydrogen (secondary N) is 2. The Bertz CT molecular complexity index is 2160. The first-order valence-electron chi connectivity index (χ1n) is 17.5. The van der Waals surface area contributed by atoms with E-state index in [0.717, 1.165) is 41.3 Å². The van der Waals surface area contributed by atoms with E-state index in [9.17, 15) is 9.59 Å². The van der Waals surface area contributed by atoms with Crippen molar-refractivity contribution in [1.29, 1.82) is 0 Å². The number of hydrogen-bond donors (Lipinski definition) is 2. The third kappa shape index (κ3) is 6.87. The molecule has 2 fully saturated rings. The minimum atomic E-state index is -0.674. The maximum Gasteiger partial charge on any atom is 0.257 e. The first-order valence-corrected chi connectivity index (χ1v) is 18.8. The summed E-state index contributed by atoms with van der Waals surface area (Å²) in [6.45, 7) is 2.69. The number of hydrogen-bond acceptors (Lipinski definition) is 10. The van der Waals surface area contributed by atoms with Crippen LogP contribution in [0.15, 0.2) is 67.0 Å². The minimum absolute atomic E-state index is 0.0730. The highest BCUT2D eigenvalue weighted by Gasteiger charge is 2.45. The average molecular weight is 720 g/mol. The Hall–Kier alpha value is -5.21. The number of aromatic amines is 1. The zero-order chi connectivity index (χ0) is 35.8. The van der Waals surface area contributed by atoms with Gasteiger partial charge in [-0.1, -0.05) is 30.3 Å². The number of anilines is 1. The van der Waals surface area contributed by atoms with E-state index >= 15 is 0 Å². The first-order chi connectivity index (χ1) is 25.3. The summed E-state index contributed by atoms with van der Waals surface area (Å²) in [4.78, 5) is 40.3. The number of likely N-dealkylation sites (tertiary alicyclic amines) is 1. The van der Waals surface area contributed by atoms with Crippen molar-refractivity contribution in [2.45, 2.75) is 36.5 Å². The van der Waals surface area contributed by atoms with Crippen LogP contribution in [0.5, 0.6) is 11.6 Å². The molecule has 3 aromatic heterocycles. The third-order valence-electron chi connectivity index (χ3n) is 10.0. The topological polar surface area (TPSA) is 143 Å². The molecular formula is C38H41N9O4S. The van der Waals surface area contributed by atoms with Gasteiger partial charge in [0, 0.05) is 49.9 Å². The summed E-state index contributed by atoms with van der Waals surface area (Å²) in [6, 6.07) is 17.7. The lowest BCUT2D eigenvalue weighted by atomic mass is 9.98. The molecule has 8 rings (SSSR count). The highest BCUT2D eigenvalue weighted by Crippen LogP contribution is 2.38. The molecule has 2 amide bonds. The van der Waals surface area contributed by atoms with Crippen molar-refractivity contribution in [3.63, 3.8) is 0 Å². The van der Waals surface area contributed by atoms with Gasteiger partial charge in [0.2, 0.25) is 11.8 Å². The lowest BCUT2D eigenvalue weighted by Gasteiger charge is -2.29. The molecule has 2 aliphatic heterocycles. The van der Waals surface area contributed by atoms with Crippen molar-refractivity contribution in [2.75, 3.05) is 51.4 Å². The van der Waals surface area contributed by atoms with Gasteiger partial charge in [-0.05, 0) is 73.4 Å². The van der Waals surface area contributed by atoms with Gasteiger partial charge in [-0.25, -0.2) is 9.97 Å². The number of pyridine rings is 1. The second-order valence-electron chi connectivity index (χ2n) is 13.6. The van der Waals surface area contributed by atoms with Gasteiger partial charge in [-0.3, -0.25) is 24.3 Å². The number of carbonyl (C=O) groups excluding carboxylic acids is 2. The number of aryl methyl sites for hydroxylation is 1. The highest BCUT2D eigenvalue weighted by molar-refractivity contribution is 8.00. The van der Waals surface area contributed by atoms with Crippen molar-refractivity contribution >= 4 is 45.7 Å². The number of nitrogens with zero attached hydrogens (tertiary/aromatic N) is 7. The Morgan fingerprint density at radius 1 is 1.08 bits per heavy atom. The Labute approximate surface area is 305 Å². The van der Waals surface area contributed by atoms with E-state index in [1.165, 1.54) is 5.57 Å². The number of ether oxygens (including phenoxy) is 2. The number of fused-ring (bicyclic) bond motifs is 1. The van der Waals surface area contributed by atoms with Crippen LogP contribution < -0.4 is 14.8 Å². The SMILES string of the molecule is COc1nc(-c2n[nH]c3ccc(NC(=O)C4(SC)CCN(CC(=O)N5CC=C(c6ccc(-c7ncn(C)n7)cc6)CC5)C4)cc23)ccc1OC1CC1. The van der Waals surface area contributed by atoms with Crippen LogP contribution in [0.1, 0.15) is 31.2 Å². The maximum atomic E-state index is 13.9. The van der Waals surface area contributed by atoms with Crippen LogP contribution in [0.2, 0.25) is 0 Å². The molecule has 1 unspecified atom stereocenters. The fraction of sp³-hybridized carbons (Fsp3) is 0.368. The molecule has 52 heavy (non-hydrogen) atoms. The van der Waals surface area contributed by atoms with Gasteiger partial charge in [0.1, 0.15) is 16.8 Å². The molecule has 14 heteroatoms. The fourth-order valence-corrected chi connectivity index (χ4v) is 7.73. The second kappa shape index (κ2) is 14.1. The molecule has 1 aliphatic carbocycles. The summed E-state index contributed by atoms with van der Waals surface area (Å²) in [5.74, 6) is 1.75. The van der Waals surface area contributed by atoms with E-state index in [1.54, 1.807) is 29.9 Å². The molecule has 1 saturated carbocycles. The molecule has 3 aliphatic rings. The molecule has 0 bridgehead atoms. The van der Waals surface area contributed by atoms with Crippen LogP contribution in [-0.2, 0) is 16.6 Å². The van der Waals surface area contributed by atoms with Crippen LogP contribution >= 0.6 is 11.8 Å². The number of thioether (sulfide) groups is 1. The van der Waals surface area contributed by atoms with Crippen molar-refractivity contribution in [2.24, 2.45) is 7.05 Å². The third-order valence-corrected chi connectivity index (χ3v) is 11.3. The summed E-state index contributed by atoms with van der Waals surface area (Å²) in [6.07, 6.45) is 9.55. The molecule has 5 heterocycles. The van der Waals surface area contributed by atoms with E-state index < -0.39 is 4.75 Å². The predicted octanol–water partition coefficient (Wildman–Crippen LogP) is 5.03. The number of aromatic nitrogens is 6. The van der Waals surface area contributed by atoms with Crippen molar-refractivity contribution in [3.8, 4) is 34.4 Å². The van der Waals surface area contributed by atoms with Gasteiger partial charge in [0.15, 0.2) is 11.6 Å². The summed E-state index contributed by atoms with van der Waals surface area (Å²) in [5.41, 5.74) is 6.15. The number of benzene rings is 2. The largest absolute Gasteiger partial charge is 0.485 e. The Morgan fingerprint density at radius 2 is 1.90 bits per heavy atom. The number of amides is 2. The second-order valence-corrected chi connectivity index (χ2v) is 14.8. The molecule has 1 atom stereocenters. The van der Waals surface area contributed by atoms with Gasteiger partial charge in [-0.2, -0.15) is 10.2 Å². The molecule has 0 radical (unpaired) electrons. The number of carbonyl (C=O) groups is 2. The van der Waals surface area contributed by atoms with Crippen molar-refractivity contribution in [3.05, 3.63) is 72.6 Å². The number of rotatable bonds is 11. The monoisotopic (exact) mass is 719 g/mol. The van der Waals surface area contributed by atoms with Gasteiger partial charge >= 0.3 is 0 Å². The standard InChI is InChI=1S/C38H41N9O4S/c1-45-23-39-35(44-45)26-6-4-24(5-7-26)25-14-17-47(18-15-25)33(48)21-46-19-16-38(22-46,52-3)37(49)40-27-8-11-30-29(20-27)34(43-42-30)31-12-13-32(36(41-31)50-2)51-28-9-10-28/h4-8,11-14,20,23,28H,9-10,15-19,21-22H2,1-3H3,(H,40,49)(H,42,43). The van der Waals surface area contributed by atoms with Gasteiger partial charge in [0.05, 0.1) is 31.0 Å². The molecule has 0 spiro atoms. The van der Waals surface area contributed by atoms with Gasteiger partial charge in [0.25, 0.3) is 5.88 Å². The van der Waals surface area contributed by atoms with E-state index in [1.807, 2.05) is 60.7 Å².